The summed E-state index contributed by atoms with van der Waals surface area (Å²) >= 11 is 6.16. The maximum atomic E-state index is 13.5. The molecule has 0 aliphatic heterocycles. The molecule has 1 atom stereocenters. The van der Waals surface area contributed by atoms with E-state index >= 15 is 0 Å². The van der Waals surface area contributed by atoms with E-state index in [-0.39, 0.29) is 38.6 Å². The summed E-state index contributed by atoms with van der Waals surface area (Å²) in [5.41, 5.74) is -3.00. The van der Waals surface area contributed by atoms with Gasteiger partial charge >= 0.3 is 6.18 Å². The average molecular weight is 523 g/mol. The van der Waals surface area contributed by atoms with Gasteiger partial charge in [-0.2, -0.15) is 13.2 Å². The first-order chi connectivity index (χ1) is 16.5. The molecule has 10 heteroatoms. The first kappa shape index (κ1) is 24.8. The van der Waals surface area contributed by atoms with Crippen LogP contribution in [0.15, 0.2) is 86.9 Å². The van der Waals surface area contributed by atoms with Crippen LogP contribution in [0.2, 0.25) is 5.02 Å². The van der Waals surface area contributed by atoms with Crippen molar-refractivity contribution in [2.24, 2.45) is 0 Å². The van der Waals surface area contributed by atoms with Crippen LogP contribution in [0.25, 0.3) is 22.3 Å². The molecular formula is C25H18ClF3O5S. The van der Waals surface area contributed by atoms with Crippen molar-refractivity contribution in [3.05, 3.63) is 93.6 Å². The molecular weight excluding hydrogens is 505 g/mol. The van der Waals surface area contributed by atoms with Crippen LogP contribution in [0.3, 0.4) is 0 Å². The zero-order valence-corrected chi connectivity index (χ0v) is 19.7. The van der Waals surface area contributed by atoms with Gasteiger partial charge in [-0.3, -0.25) is 4.79 Å². The Bertz CT molecular complexity index is 1550. The Hall–Kier alpha value is -3.30. The number of halogens is 4. The third kappa shape index (κ3) is 4.92. The molecule has 4 rings (SSSR count). The van der Waals surface area contributed by atoms with Crippen LogP contribution in [0.5, 0.6) is 5.75 Å². The lowest BCUT2D eigenvalue weighted by atomic mass is 10.1. The number of alkyl halides is 3. The van der Waals surface area contributed by atoms with E-state index in [1.165, 1.54) is 43.3 Å². The Morgan fingerprint density at radius 2 is 1.71 bits per heavy atom. The van der Waals surface area contributed by atoms with Gasteiger partial charge in [-0.25, -0.2) is 8.42 Å². The smallest absolute Gasteiger partial charge is 0.416 e. The fraction of sp³-hybridized carbons (Fsp3) is 0.160. The Morgan fingerprint density at radius 3 is 2.37 bits per heavy atom. The predicted molar refractivity (Wildman–Crippen MR) is 126 cm³/mol. The fourth-order valence-electron chi connectivity index (χ4n) is 3.54. The number of ether oxygens (including phenoxy) is 1. The van der Waals surface area contributed by atoms with E-state index in [4.69, 9.17) is 20.8 Å². The van der Waals surface area contributed by atoms with E-state index in [1.807, 2.05) is 0 Å². The van der Waals surface area contributed by atoms with Crippen LogP contribution in [0, 0.1) is 0 Å². The van der Waals surface area contributed by atoms with E-state index in [0.29, 0.717) is 6.07 Å². The van der Waals surface area contributed by atoms with Crippen LogP contribution in [0.1, 0.15) is 18.9 Å². The molecule has 0 aliphatic carbocycles. The van der Waals surface area contributed by atoms with Crippen LogP contribution >= 0.6 is 11.6 Å². The Balaban J connectivity index is 1.89. The van der Waals surface area contributed by atoms with Gasteiger partial charge < -0.3 is 9.15 Å². The molecule has 4 aromatic rings. The number of sulfone groups is 1. The van der Waals surface area contributed by atoms with Gasteiger partial charge in [0.25, 0.3) is 0 Å². The van der Waals surface area contributed by atoms with Gasteiger partial charge in [-0.15, -0.1) is 0 Å². The number of para-hydroxylation sites is 1. The van der Waals surface area contributed by atoms with Gasteiger partial charge in [0.2, 0.25) is 15.3 Å². The highest BCUT2D eigenvalue weighted by Crippen LogP contribution is 2.39. The Labute approximate surface area is 203 Å². The molecule has 1 aromatic heterocycles. The number of fused-ring (bicyclic) bond motifs is 1. The molecule has 0 aliphatic rings. The van der Waals surface area contributed by atoms with Crippen LogP contribution in [0.4, 0.5) is 13.2 Å². The quantitative estimate of drug-likeness (QED) is 0.281. The van der Waals surface area contributed by atoms with Crippen LogP contribution in [-0.2, 0) is 16.0 Å². The average Bonchev–Trinajstić information content (AvgIpc) is 2.83. The van der Waals surface area contributed by atoms with Crippen LogP contribution < -0.4 is 10.2 Å². The molecule has 0 fully saturated rings. The molecule has 35 heavy (non-hydrogen) atoms. The summed E-state index contributed by atoms with van der Waals surface area (Å²) in [5.74, 6) is -0.521. The highest BCUT2D eigenvalue weighted by atomic mass is 35.5. The minimum absolute atomic E-state index is 0.0290. The number of hydrogen-bond donors (Lipinski definition) is 0. The summed E-state index contributed by atoms with van der Waals surface area (Å²) in [7, 11) is -4.06. The van der Waals surface area contributed by atoms with E-state index in [1.54, 1.807) is 12.1 Å². The molecule has 0 saturated heterocycles. The van der Waals surface area contributed by atoms with Gasteiger partial charge in [0.05, 0.1) is 26.4 Å². The summed E-state index contributed by atoms with van der Waals surface area (Å²) in [6.45, 7) is 1.54. The maximum Gasteiger partial charge on any atom is 0.416 e. The molecule has 1 unspecified atom stereocenters. The van der Waals surface area contributed by atoms with Crippen molar-refractivity contribution < 1.29 is 30.7 Å². The molecule has 0 saturated carbocycles. The van der Waals surface area contributed by atoms with Crippen molar-refractivity contribution in [1.29, 1.82) is 0 Å². The summed E-state index contributed by atoms with van der Waals surface area (Å²) in [6.07, 6.45) is -4.77. The second-order valence-corrected chi connectivity index (χ2v) is 10.1. The second-order valence-electron chi connectivity index (χ2n) is 7.61. The summed E-state index contributed by atoms with van der Waals surface area (Å²) in [6, 6.07) is 15.7. The molecule has 1 heterocycles. The molecule has 3 aromatic carbocycles. The van der Waals surface area contributed by atoms with E-state index < -0.39 is 38.2 Å². The third-order valence-corrected chi connectivity index (χ3v) is 7.64. The van der Waals surface area contributed by atoms with Crippen molar-refractivity contribution in [1.82, 2.24) is 0 Å². The van der Waals surface area contributed by atoms with Gasteiger partial charge in [-0.1, -0.05) is 42.8 Å². The summed E-state index contributed by atoms with van der Waals surface area (Å²) in [5, 5.41) is 0.322. The highest BCUT2D eigenvalue weighted by Gasteiger charge is 2.34. The topological polar surface area (TPSA) is 73.6 Å². The van der Waals surface area contributed by atoms with E-state index in [2.05, 4.69) is 0 Å². The lowest BCUT2D eigenvalue weighted by Gasteiger charge is -2.21. The molecule has 0 N–H and O–H groups in total. The Kier molecular flexibility index (Phi) is 6.66. The molecule has 0 spiro atoms. The molecule has 0 amide bonds. The normalized spacial score (nSPS) is 13.1. The first-order valence-electron chi connectivity index (χ1n) is 10.4. The second kappa shape index (κ2) is 9.39. The molecule has 0 radical (unpaired) electrons. The number of rotatable bonds is 6. The molecule has 0 bridgehead atoms. The zero-order valence-electron chi connectivity index (χ0n) is 18.2. The van der Waals surface area contributed by atoms with Gasteiger partial charge in [0.15, 0.2) is 11.0 Å². The van der Waals surface area contributed by atoms with E-state index in [9.17, 15) is 26.4 Å². The third-order valence-electron chi connectivity index (χ3n) is 5.29. The van der Waals surface area contributed by atoms with Crippen molar-refractivity contribution in [3.63, 3.8) is 0 Å². The summed E-state index contributed by atoms with van der Waals surface area (Å²) in [4.78, 5) is 12.6. The van der Waals surface area contributed by atoms with Crippen molar-refractivity contribution in [2.75, 3.05) is 0 Å². The van der Waals surface area contributed by atoms with Crippen molar-refractivity contribution in [2.45, 2.75) is 29.9 Å². The number of hydrogen-bond acceptors (Lipinski definition) is 5. The highest BCUT2D eigenvalue weighted by molar-refractivity contribution is 7.92. The van der Waals surface area contributed by atoms with Gasteiger partial charge in [0.1, 0.15) is 11.5 Å². The lowest BCUT2D eigenvalue weighted by Crippen LogP contribution is -2.27. The van der Waals surface area contributed by atoms with Crippen molar-refractivity contribution >= 4 is 32.4 Å². The largest absolute Gasteiger partial charge is 0.473 e. The maximum absolute atomic E-state index is 13.5. The molecule has 182 valence electrons. The summed E-state index contributed by atoms with van der Waals surface area (Å²) < 4.78 is 78.2. The SMILES string of the molecule is CCC(Oc1cc(C(F)(F)F)ccc1-c1cc(=O)c2cccc(Cl)c2o1)S(=O)(=O)c1ccccc1. The minimum atomic E-state index is -4.72. The standard InChI is InChI=1S/C25H18ClF3O5S/c1-2-23(35(31,32)16-7-4-3-5-8-16)33-21-13-15(25(27,28)29)11-12-18(21)22-14-20(30)17-9-6-10-19(26)24(17)34-22/h3-14,23H,2H2,1H3. The monoisotopic (exact) mass is 522 g/mol. The van der Waals surface area contributed by atoms with Gasteiger partial charge in [0, 0.05) is 6.07 Å². The predicted octanol–water partition coefficient (Wildman–Crippen LogP) is 6.72. The number of benzene rings is 3. The Morgan fingerprint density at radius 1 is 1.00 bits per heavy atom. The zero-order chi connectivity index (χ0) is 25.4. The molecule has 5 nitrogen and oxygen atoms in total. The first-order valence-corrected chi connectivity index (χ1v) is 12.3. The van der Waals surface area contributed by atoms with E-state index in [0.717, 1.165) is 18.2 Å². The van der Waals surface area contributed by atoms with Crippen molar-refractivity contribution in [3.8, 4) is 17.1 Å². The fourth-order valence-corrected chi connectivity index (χ4v) is 5.27. The minimum Gasteiger partial charge on any atom is -0.473 e. The van der Waals surface area contributed by atoms with Crippen LogP contribution in [-0.4, -0.2) is 13.9 Å². The lowest BCUT2D eigenvalue weighted by molar-refractivity contribution is -0.137. The van der Waals surface area contributed by atoms with Gasteiger partial charge in [-0.05, 0) is 48.9 Å².